The van der Waals surface area contributed by atoms with Gasteiger partial charge in [-0.3, -0.25) is 9.69 Å². The van der Waals surface area contributed by atoms with Crippen LogP contribution in [0, 0.1) is 0 Å². The lowest BCUT2D eigenvalue weighted by atomic mass is 9.90. The Bertz CT molecular complexity index is 602. The van der Waals surface area contributed by atoms with Crippen molar-refractivity contribution in [2.75, 3.05) is 0 Å². The summed E-state index contributed by atoms with van der Waals surface area (Å²) >= 11 is 0. The maximum absolute atomic E-state index is 12.9. The van der Waals surface area contributed by atoms with E-state index in [4.69, 9.17) is 4.74 Å². The third kappa shape index (κ3) is 3.40. The van der Waals surface area contributed by atoms with Gasteiger partial charge in [0.25, 0.3) is 5.91 Å². The number of hydrogen-bond acceptors (Lipinski definition) is 3. The van der Waals surface area contributed by atoms with Gasteiger partial charge in [-0.25, -0.2) is 4.79 Å². The van der Waals surface area contributed by atoms with Gasteiger partial charge in [0.1, 0.15) is 11.3 Å². The zero-order chi connectivity index (χ0) is 17.2. The summed E-state index contributed by atoms with van der Waals surface area (Å²) < 4.78 is 5.63. The van der Waals surface area contributed by atoms with Gasteiger partial charge in [0.2, 0.25) is 0 Å². The first-order valence-electron chi connectivity index (χ1n) is 8.90. The van der Waals surface area contributed by atoms with Crippen molar-refractivity contribution in [2.24, 2.45) is 0 Å². The van der Waals surface area contributed by atoms with Crippen molar-refractivity contribution in [3.05, 3.63) is 29.8 Å². The van der Waals surface area contributed by atoms with Crippen LogP contribution in [0.15, 0.2) is 24.3 Å². The molecule has 0 bridgehead atoms. The topological polar surface area (TPSA) is 58.6 Å². The van der Waals surface area contributed by atoms with Crippen LogP contribution in [0.25, 0.3) is 0 Å². The largest absolute Gasteiger partial charge is 0.491 e. The zero-order valence-corrected chi connectivity index (χ0v) is 14.5. The van der Waals surface area contributed by atoms with E-state index in [0.29, 0.717) is 6.54 Å². The van der Waals surface area contributed by atoms with E-state index in [1.807, 2.05) is 38.1 Å². The third-order valence-corrected chi connectivity index (χ3v) is 4.84. The van der Waals surface area contributed by atoms with Crippen molar-refractivity contribution in [2.45, 2.75) is 70.6 Å². The standard InChI is InChI=1S/C19H26N2O3/c1-14(2)24-16-9-7-15(8-10-16)13-21-17(22)19(20-18(21)23)11-5-3-4-6-12-19/h7-10,14H,3-6,11-13H2,1-2H3,(H,20,23). The molecule has 1 spiro atoms. The molecule has 2 aliphatic rings. The van der Waals surface area contributed by atoms with Gasteiger partial charge in [0.15, 0.2) is 0 Å². The van der Waals surface area contributed by atoms with Gasteiger partial charge < -0.3 is 10.1 Å². The van der Waals surface area contributed by atoms with Gasteiger partial charge >= 0.3 is 6.03 Å². The van der Waals surface area contributed by atoms with Crippen LogP contribution in [0.4, 0.5) is 4.79 Å². The Kier molecular flexibility index (Phi) is 4.78. The Balaban J connectivity index is 1.70. The zero-order valence-electron chi connectivity index (χ0n) is 14.5. The summed E-state index contributed by atoms with van der Waals surface area (Å²) in [5.74, 6) is 0.739. The molecule has 1 aromatic carbocycles. The molecule has 1 saturated carbocycles. The van der Waals surface area contributed by atoms with Crippen molar-refractivity contribution in [3.8, 4) is 5.75 Å². The number of ether oxygens (including phenoxy) is 1. The lowest BCUT2D eigenvalue weighted by molar-refractivity contribution is -0.132. The number of benzene rings is 1. The smallest absolute Gasteiger partial charge is 0.325 e. The Morgan fingerprint density at radius 3 is 2.29 bits per heavy atom. The molecular weight excluding hydrogens is 304 g/mol. The van der Waals surface area contributed by atoms with E-state index in [-0.39, 0.29) is 18.0 Å². The number of carbonyl (C=O) groups excluding carboxylic acids is 2. The molecule has 1 aliphatic heterocycles. The molecule has 1 N–H and O–H groups in total. The first kappa shape index (κ1) is 16.8. The van der Waals surface area contributed by atoms with Gasteiger partial charge in [0, 0.05) is 0 Å². The van der Waals surface area contributed by atoms with E-state index in [0.717, 1.165) is 49.8 Å². The number of nitrogens with zero attached hydrogens (tertiary/aromatic N) is 1. The number of amides is 3. The lowest BCUT2D eigenvalue weighted by Gasteiger charge is -2.24. The molecule has 2 fully saturated rings. The van der Waals surface area contributed by atoms with Crippen LogP contribution in [0.2, 0.25) is 0 Å². The molecule has 0 radical (unpaired) electrons. The Morgan fingerprint density at radius 2 is 1.71 bits per heavy atom. The number of carbonyl (C=O) groups is 2. The summed E-state index contributed by atoms with van der Waals surface area (Å²) in [6.45, 7) is 4.27. The fourth-order valence-corrected chi connectivity index (χ4v) is 3.62. The lowest BCUT2D eigenvalue weighted by Crippen LogP contribution is -2.46. The van der Waals surface area contributed by atoms with Gasteiger partial charge in [-0.1, -0.05) is 37.8 Å². The molecule has 0 aromatic heterocycles. The molecule has 0 atom stereocenters. The molecule has 1 aliphatic carbocycles. The summed E-state index contributed by atoms with van der Waals surface area (Å²) in [6, 6.07) is 7.33. The molecule has 5 nitrogen and oxygen atoms in total. The number of urea groups is 1. The van der Waals surface area contributed by atoms with Crippen molar-refractivity contribution < 1.29 is 14.3 Å². The second-order valence-corrected chi connectivity index (χ2v) is 7.13. The molecule has 1 heterocycles. The van der Waals surface area contributed by atoms with Crippen LogP contribution in [0.1, 0.15) is 57.9 Å². The quantitative estimate of drug-likeness (QED) is 0.858. The summed E-state index contributed by atoms with van der Waals surface area (Å²) in [5, 5.41) is 2.98. The monoisotopic (exact) mass is 330 g/mol. The normalized spacial score (nSPS) is 20.4. The van der Waals surface area contributed by atoms with E-state index in [1.165, 1.54) is 4.90 Å². The average Bonchev–Trinajstić information content (AvgIpc) is 2.72. The highest BCUT2D eigenvalue weighted by molar-refractivity contribution is 6.07. The molecule has 3 amide bonds. The van der Waals surface area contributed by atoms with E-state index in [1.54, 1.807) is 0 Å². The van der Waals surface area contributed by atoms with Gasteiger partial charge in [-0.15, -0.1) is 0 Å². The Hall–Kier alpha value is -2.04. The van der Waals surface area contributed by atoms with Gasteiger partial charge in [-0.2, -0.15) is 0 Å². The van der Waals surface area contributed by atoms with Crippen LogP contribution in [0.3, 0.4) is 0 Å². The van der Waals surface area contributed by atoms with Crippen molar-refractivity contribution in [3.63, 3.8) is 0 Å². The minimum Gasteiger partial charge on any atom is -0.491 e. The summed E-state index contributed by atoms with van der Waals surface area (Å²) in [4.78, 5) is 26.6. The van der Waals surface area contributed by atoms with Gasteiger partial charge in [0.05, 0.1) is 12.6 Å². The van der Waals surface area contributed by atoms with Crippen LogP contribution < -0.4 is 10.1 Å². The minimum atomic E-state index is -0.658. The predicted octanol–water partition coefficient (Wildman–Crippen LogP) is 3.62. The molecule has 130 valence electrons. The van der Waals surface area contributed by atoms with Gasteiger partial charge in [-0.05, 0) is 44.4 Å². The number of rotatable bonds is 4. The average molecular weight is 330 g/mol. The molecule has 1 saturated heterocycles. The fraction of sp³-hybridized carbons (Fsp3) is 0.579. The molecular formula is C19H26N2O3. The molecule has 5 heteroatoms. The van der Waals surface area contributed by atoms with Crippen LogP contribution in [-0.2, 0) is 11.3 Å². The first-order chi connectivity index (χ1) is 11.5. The highest BCUT2D eigenvalue weighted by Crippen LogP contribution is 2.33. The minimum absolute atomic E-state index is 0.0584. The molecule has 1 aromatic rings. The summed E-state index contributed by atoms with van der Waals surface area (Å²) in [7, 11) is 0. The Morgan fingerprint density at radius 1 is 1.08 bits per heavy atom. The van der Waals surface area contributed by atoms with Crippen LogP contribution >= 0.6 is 0 Å². The molecule has 0 unspecified atom stereocenters. The maximum Gasteiger partial charge on any atom is 0.325 e. The number of imide groups is 1. The van der Waals surface area contributed by atoms with Crippen LogP contribution in [-0.4, -0.2) is 28.5 Å². The van der Waals surface area contributed by atoms with E-state index in [2.05, 4.69) is 5.32 Å². The SMILES string of the molecule is CC(C)Oc1ccc(CN2C(=O)NC3(CCCCCC3)C2=O)cc1. The van der Waals surface area contributed by atoms with Crippen molar-refractivity contribution in [1.29, 1.82) is 0 Å². The second-order valence-electron chi connectivity index (χ2n) is 7.13. The summed E-state index contributed by atoms with van der Waals surface area (Å²) in [6.07, 6.45) is 5.92. The highest BCUT2D eigenvalue weighted by Gasteiger charge is 2.50. The van der Waals surface area contributed by atoms with E-state index < -0.39 is 5.54 Å². The first-order valence-corrected chi connectivity index (χ1v) is 8.90. The van der Waals surface area contributed by atoms with Crippen molar-refractivity contribution in [1.82, 2.24) is 10.2 Å². The maximum atomic E-state index is 12.9. The van der Waals surface area contributed by atoms with Crippen molar-refractivity contribution >= 4 is 11.9 Å². The van der Waals surface area contributed by atoms with Crippen LogP contribution in [0.5, 0.6) is 5.75 Å². The molecule has 3 rings (SSSR count). The number of hydrogen-bond donors (Lipinski definition) is 1. The highest BCUT2D eigenvalue weighted by atomic mass is 16.5. The fourth-order valence-electron chi connectivity index (χ4n) is 3.62. The Labute approximate surface area is 143 Å². The second kappa shape index (κ2) is 6.83. The third-order valence-electron chi connectivity index (χ3n) is 4.84. The van der Waals surface area contributed by atoms with E-state index >= 15 is 0 Å². The predicted molar refractivity (Wildman–Crippen MR) is 91.7 cm³/mol. The number of nitrogens with one attached hydrogen (secondary N) is 1. The van der Waals surface area contributed by atoms with E-state index in [9.17, 15) is 9.59 Å². The molecule has 24 heavy (non-hydrogen) atoms. The summed E-state index contributed by atoms with van der Waals surface area (Å²) in [5.41, 5.74) is 0.272.